The van der Waals surface area contributed by atoms with E-state index in [9.17, 15) is 14.4 Å². The zero-order valence-electron chi connectivity index (χ0n) is 29.8. The molecule has 0 amide bonds. The van der Waals surface area contributed by atoms with Gasteiger partial charge in [0.15, 0.2) is 0 Å². The molecule has 0 unspecified atom stereocenters. The minimum Gasteiger partial charge on any atom is -0.466 e. The van der Waals surface area contributed by atoms with E-state index in [2.05, 4.69) is 43.9 Å². The van der Waals surface area contributed by atoms with Crippen molar-refractivity contribution in [2.45, 2.75) is 73.3 Å². The Morgan fingerprint density at radius 1 is 0.596 bits per heavy atom. The second-order valence-corrected chi connectivity index (χ2v) is 12.2. The van der Waals surface area contributed by atoms with E-state index in [4.69, 9.17) is 22.1 Å². The summed E-state index contributed by atoms with van der Waals surface area (Å²) in [6.07, 6.45) is 2.92. The third-order valence-corrected chi connectivity index (χ3v) is 8.56. The molecule has 0 N–H and O–H groups in total. The summed E-state index contributed by atoms with van der Waals surface area (Å²) in [5.74, 6) is -0.521. The van der Waals surface area contributed by atoms with E-state index < -0.39 is 0 Å². The molecule has 2 rings (SSSR count). The second-order valence-electron chi connectivity index (χ2n) is 12.2. The summed E-state index contributed by atoms with van der Waals surface area (Å²) in [5.41, 5.74) is 4.29. The second kappa shape index (κ2) is 23.6. The Hall–Kier alpha value is -2.73. The first kappa shape index (κ1) is 40.4. The average molecular weight is 655 g/mol. The predicted molar refractivity (Wildman–Crippen MR) is 188 cm³/mol. The molecule has 1 saturated heterocycles. The van der Waals surface area contributed by atoms with Crippen LogP contribution >= 0.6 is 0 Å². The van der Waals surface area contributed by atoms with Crippen molar-refractivity contribution in [3.8, 4) is 0 Å². The summed E-state index contributed by atoms with van der Waals surface area (Å²) in [7, 11) is 6.03. The van der Waals surface area contributed by atoms with Crippen LogP contribution in [0, 0.1) is 0 Å². The maximum atomic E-state index is 12.2. The van der Waals surface area contributed by atoms with Crippen LogP contribution in [0.5, 0.6) is 0 Å². The first-order valence-electron chi connectivity index (χ1n) is 17.5. The van der Waals surface area contributed by atoms with Gasteiger partial charge in [0.25, 0.3) is 0 Å². The summed E-state index contributed by atoms with van der Waals surface area (Å²) in [6, 6.07) is 8.65. The van der Waals surface area contributed by atoms with Gasteiger partial charge in [0.2, 0.25) is 0 Å². The number of hydrogen-bond acceptors (Lipinski definition) is 10. The summed E-state index contributed by atoms with van der Waals surface area (Å²) in [6.45, 7) is 20.0. The number of rotatable bonds is 15. The van der Waals surface area contributed by atoms with E-state index in [0.29, 0.717) is 58.7 Å². The number of carbonyl (C=O) groups is 3. The smallest absolute Gasteiger partial charge is 0.307 e. The molecule has 1 aliphatic rings. The largest absolute Gasteiger partial charge is 0.466 e. The van der Waals surface area contributed by atoms with E-state index in [1.807, 2.05) is 34.6 Å². The fraction of sp³-hybridized carbons (Fsp3) is 0.694. The fourth-order valence-electron chi connectivity index (χ4n) is 5.67. The molecule has 0 bridgehead atoms. The van der Waals surface area contributed by atoms with Gasteiger partial charge in [0.05, 0.1) is 39.1 Å². The van der Waals surface area contributed by atoms with Gasteiger partial charge in [0, 0.05) is 52.4 Å². The third-order valence-electron chi connectivity index (χ3n) is 8.56. The number of benzene rings is 1. The van der Waals surface area contributed by atoms with Gasteiger partial charge in [-0.1, -0.05) is 36.8 Å². The van der Waals surface area contributed by atoms with Crippen LogP contribution in [0.3, 0.4) is 0 Å². The van der Waals surface area contributed by atoms with Crippen LogP contribution in [0.15, 0.2) is 29.7 Å². The number of esters is 3. The topological polar surface area (TPSA) is 91.9 Å². The van der Waals surface area contributed by atoms with Gasteiger partial charge in [-0.3, -0.25) is 19.3 Å². The Labute approximate surface area is 285 Å². The summed E-state index contributed by atoms with van der Waals surface area (Å²) in [5, 5.41) is 0. The van der Waals surface area contributed by atoms with Crippen molar-refractivity contribution >= 4 is 31.3 Å². The molecule has 0 aromatic heterocycles. The highest BCUT2D eigenvalue weighted by atomic mass is 16.5. The monoisotopic (exact) mass is 654 g/mol. The number of ether oxygens (including phenoxy) is 3. The molecular formula is C36H59BN4O6. The average Bonchev–Trinajstić information content (AvgIpc) is 3.04. The van der Waals surface area contributed by atoms with Crippen LogP contribution < -0.4 is 0 Å². The highest BCUT2D eigenvalue weighted by molar-refractivity contribution is 6.24. The van der Waals surface area contributed by atoms with Crippen molar-refractivity contribution in [3.63, 3.8) is 0 Å². The minimum atomic E-state index is -0.182. The van der Waals surface area contributed by atoms with E-state index in [-0.39, 0.29) is 17.9 Å². The van der Waals surface area contributed by atoms with Crippen molar-refractivity contribution in [2.75, 3.05) is 91.8 Å². The zero-order valence-corrected chi connectivity index (χ0v) is 29.8. The van der Waals surface area contributed by atoms with Crippen LogP contribution in [-0.2, 0) is 35.1 Å². The van der Waals surface area contributed by atoms with Crippen LogP contribution in [-0.4, -0.2) is 137 Å². The van der Waals surface area contributed by atoms with Gasteiger partial charge in [-0.05, 0) is 77.8 Å². The lowest BCUT2D eigenvalue weighted by Crippen LogP contribution is -2.42. The van der Waals surface area contributed by atoms with Crippen molar-refractivity contribution in [3.05, 3.63) is 40.9 Å². The van der Waals surface area contributed by atoms with Crippen molar-refractivity contribution < 1.29 is 28.6 Å². The zero-order chi connectivity index (χ0) is 34.4. The highest BCUT2D eigenvalue weighted by Crippen LogP contribution is 2.18. The Bertz CT molecular complexity index is 1100. The summed E-state index contributed by atoms with van der Waals surface area (Å²) < 4.78 is 15.6. The molecule has 10 nitrogen and oxygen atoms in total. The van der Waals surface area contributed by atoms with Crippen LogP contribution in [0.2, 0.25) is 0 Å². The quantitative estimate of drug-likeness (QED) is 0.157. The van der Waals surface area contributed by atoms with Gasteiger partial charge in [0.1, 0.15) is 7.85 Å². The lowest BCUT2D eigenvalue weighted by molar-refractivity contribution is -0.144. The molecule has 47 heavy (non-hydrogen) atoms. The van der Waals surface area contributed by atoms with Crippen LogP contribution in [0.25, 0.3) is 5.57 Å². The Kier molecular flexibility index (Phi) is 20.3. The summed E-state index contributed by atoms with van der Waals surface area (Å²) in [4.78, 5) is 46.1. The van der Waals surface area contributed by atoms with Crippen molar-refractivity contribution in [2.24, 2.45) is 0 Å². The van der Waals surface area contributed by atoms with Crippen LogP contribution in [0.1, 0.15) is 77.8 Å². The highest BCUT2D eigenvalue weighted by Gasteiger charge is 2.18. The molecule has 262 valence electrons. The SMILES string of the molecule is [B]/C(C)=C(\C)c1ccc(CN2CCCN(CCC(=O)OCC)CCN(CCC(=O)OCC)CCCN(CCC(=O)OCC)CC2)cc1. The van der Waals surface area contributed by atoms with Gasteiger partial charge in [-0.15, -0.1) is 5.47 Å². The number of allylic oxidation sites excluding steroid dienone is 2. The molecule has 1 heterocycles. The summed E-state index contributed by atoms with van der Waals surface area (Å²) >= 11 is 0. The van der Waals surface area contributed by atoms with Crippen LogP contribution in [0.4, 0.5) is 0 Å². The van der Waals surface area contributed by atoms with Gasteiger partial charge < -0.3 is 28.9 Å². The third kappa shape index (κ3) is 17.3. The molecular weight excluding hydrogens is 595 g/mol. The molecule has 1 aromatic rings. The van der Waals surface area contributed by atoms with Gasteiger partial charge in [-0.2, -0.15) is 0 Å². The van der Waals surface area contributed by atoms with E-state index in [1.54, 1.807) is 0 Å². The van der Waals surface area contributed by atoms with E-state index in [0.717, 1.165) is 88.4 Å². The lowest BCUT2D eigenvalue weighted by Gasteiger charge is -2.32. The maximum Gasteiger partial charge on any atom is 0.307 e. The first-order valence-corrected chi connectivity index (χ1v) is 17.5. The molecule has 0 saturated carbocycles. The molecule has 11 heteroatoms. The number of nitrogens with zero attached hydrogens (tertiary/aromatic N) is 4. The molecule has 0 atom stereocenters. The van der Waals surface area contributed by atoms with Crippen molar-refractivity contribution in [1.29, 1.82) is 0 Å². The molecule has 0 aliphatic carbocycles. The minimum absolute atomic E-state index is 0.167. The Balaban J connectivity index is 2.21. The fourth-order valence-corrected chi connectivity index (χ4v) is 5.67. The van der Waals surface area contributed by atoms with E-state index >= 15 is 0 Å². The standard InChI is InChI=1S/C36H59BN4O6/c1-6-45-34(42)15-22-38-18-9-19-40(24-17-36(44)47-8-3)27-28-41(29-32-11-13-33(14-12-32)30(4)31(5)37)21-10-20-39(26-25-38)23-16-35(43)46-7-2/h11-14H,6-10,15-29H2,1-5H3/b31-30+. The van der Waals surface area contributed by atoms with Gasteiger partial charge in [-0.25, -0.2) is 0 Å². The molecule has 1 aromatic carbocycles. The Morgan fingerprint density at radius 3 is 1.32 bits per heavy atom. The Morgan fingerprint density at radius 2 is 0.957 bits per heavy atom. The molecule has 1 aliphatic heterocycles. The number of hydrogen-bond donors (Lipinski definition) is 0. The normalized spacial score (nSPS) is 17.4. The first-order chi connectivity index (χ1) is 22.6. The lowest BCUT2D eigenvalue weighted by atomic mass is 9.89. The van der Waals surface area contributed by atoms with Gasteiger partial charge >= 0.3 is 17.9 Å². The van der Waals surface area contributed by atoms with E-state index in [1.165, 1.54) is 5.56 Å². The predicted octanol–water partition coefficient (Wildman–Crippen LogP) is 3.97. The number of carbonyl (C=O) groups excluding carboxylic acids is 3. The van der Waals surface area contributed by atoms with Crippen molar-refractivity contribution in [1.82, 2.24) is 19.6 Å². The molecule has 1 fully saturated rings. The molecule has 0 spiro atoms. The maximum absolute atomic E-state index is 12.2. The molecule has 2 radical (unpaired) electrons.